The molecule has 0 heterocycles. The molecule has 25 heavy (non-hydrogen) atoms. The SMILES string of the molecule is CCc1ccc(C(=O)NNC(=O)C(C)Oc2ccc(OC)cc2)cc1. The molecule has 0 fully saturated rings. The zero-order valence-electron chi connectivity index (χ0n) is 14.5. The van der Waals surface area contributed by atoms with E-state index in [2.05, 4.69) is 10.9 Å². The lowest BCUT2D eigenvalue weighted by Crippen LogP contribution is -2.47. The van der Waals surface area contributed by atoms with Gasteiger partial charge in [0.05, 0.1) is 7.11 Å². The maximum Gasteiger partial charge on any atom is 0.279 e. The molecule has 6 heteroatoms. The summed E-state index contributed by atoms with van der Waals surface area (Å²) in [4.78, 5) is 24.1. The first kappa shape index (κ1) is 18.3. The minimum Gasteiger partial charge on any atom is -0.497 e. The predicted molar refractivity (Wildman–Crippen MR) is 94.5 cm³/mol. The Bertz CT molecular complexity index is 711. The van der Waals surface area contributed by atoms with Crippen molar-refractivity contribution in [2.24, 2.45) is 0 Å². The van der Waals surface area contributed by atoms with E-state index in [1.54, 1.807) is 50.4 Å². The molecular weight excluding hydrogens is 320 g/mol. The van der Waals surface area contributed by atoms with Crippen molar-refractivity contribution >= 4 is 11.8 Å². The summed E-state index contributed by atoms with van der Waals surface area (Å²) < 4.78 is 10.6. The number of amides is 2. The number of carbonyl (C=O) groups is 2. The molecule has 0 aliphatic heterocycles. The van der Waals surface area contributed by atoms with Gasteiger partial charge >= 0.3 is 0 Å². The number of hydrazine groups is 1. The largest absolute Gasteiger partial charge is 0.497 e. The molecule has 2 rings (SSSR count). The fraction of sp³-hybridized carbons (Fsp3) is 0.263. The van der Waals surface area contributed by atoms with Crippen molar-refractivity contribution in [1.29, 1.82) is 0 Å². The van der Waals surface area contributed by atoms with Gasteiger partial charge in [-0.05, 0) is 55.3 Å². The molecule has 2 N–H and O–H groups in total. The first-order valence-corrected chi connectivity index (χ1v) is 8.03. The van der Waals surface area contributed by atoms with E-state index in [4.69, 9.17) is 9.47 Å². The molecule has 2 amide bonds. The number of hydrogen-bond donors (Lipinski definition) is 2. The van der Waals surface area contributed by atoms with Crippen LogP contribution in [0, 0.1) is 0 Å². The highest BCUT2D eigenvalue weighted by Crippen LogP contribution is 2.18. The van der Waals surface area contributed by atoms with Crippen LogP contribution in [-0.2, 0) is 11.2 Å². The number of methoxy groups -OCH3 is 1. The Kier molecular flexibility index (Phi) is 6.39. The smallest absolute Gasteiger partial charge is 0.279 e. The van der Waals surface area contributed by atoms with E-state index in [0.29, 0.717) is 17.1 Å². The Balaban J connectivity index is 1.84. The second kappa shape index (κ2) is 8.73. The minimum atomic E-state index is -0.767. The molecule has 0 spiro atoms. The molecule has 2 aromatic carbocycles. The Hall–Kier alpha value is -3.02. The molecule has 1 unspecified atom stereocenters. The third kappa shape index (κ3) is 5.24. The Morgan fingerprint density at radius 3 is 2.12 bits per heavy atom. The van der Waals surface area contributed by atoms with Crippen LogP contribution in [0.15, 0.2) is 48.5 Å². The zero-order chi connectivity index (χ0) is 18.2. The lowest BCUT2D eigenvalue weighted by atomic mass is 10.1. The van der Waals surface area contributed by atoms with Crippen LogP contribution in [0.2, 0.25) is 0 Å². The standard InChI is InChI=1S/C19H22N2O4/c1-4-14-5-7-15(8-6-14)19(23)21-20-18(22)13(2)25-17-11-9-16(24-3)10-12-17/h5-13H,4H2,1-3H3,(H,20,22)(H,21,23). The summed E-state index contributed by atoms with van der Waals surface area (Å²) in [6.45, 7) is 3.64. The summed E-state index contributed by atoms with van der Waals surface area (Å²) in [5.74, 6) is 0.401. The third-order valence-electron chi connectivity index (χ3n) is 3.67. The molecule has 0 saturated heterocycles. The fourth-order valence-electron chi connectivity index (χ4n) is 2.10. The summed E-state index contributed by atoms with van der Waals surface area (Å²) >= 11 is 0. The Labute approximate surface area is 147 Å². The quantitative estimate of drug-likeness (QED) is 0.791. The number of aryl methyl sites for hydroxylation is 1. The van der Waals surface area contributed by atoms with Crippen molar-refractivity contribution in [3.63, 3.8) is 0 Å². The molecule has 0 bridgehead atoms. The van der Waals surface area contributed by atoms with Gasteiger partial charge in [0, 0.05) is 5.56 Å². The monoisotopic (exact) mass is 342 g/mol. The van der Waals surface area contributed by atoms with Crippen LogP contribution in [0.3, 0.4) is 0 Å². The number of benzene rings is 2. The van der Waals surface area contributed by atoms with Crippen LogP contribution in [0.5, 0.6) is 11.5 Å². The second-order valence-corrected chi connectivity index (χ2v) is 5.43. The average Bonchev–Trinajstić information content (AvgIpc) is 2.66. The summed E-state index contributed by atoms with van der Waals surface area (Å²) in [6, 6.07) is 14.1. The molecule has 0 aromatic heterocycles. The Morgan fingerprint density at radius 2 is 1.56 bits per heavy atom. The van der Waals surface area contributed by atoms with E-state index in [-0.39, 0.29) is 5.91 Å². The van der Waals surface area contributed by atoms with Crippen molar-refractivity contribution in [2.75, 3.05) is 7.11 Å². The molecule has 132 valence electrons. The summed E-state index contributed by atoms with van der Waals surface area (Å²) in [5.41, 5.74) is 6.36. The number of rotatable bonds is 6. The molecule has 0 aliphatic carbocycles. The van der Waals surface area contributed by atoms with Gasteiger partial charge in [-0.3, -0.25) is 20.4 Å². The van der Waals surface area contributed by atoms with Crippen molar-refractivity contribution in [1.82, 2.24) is 10.9 Å². The van der Waals surface area contributed by atoms with Crippen LogP contribution in [-0.4, -0.2) is 25.0 Å². The average molecular weight is 342 g/mol. The highest BCUT2D eigenvalue weighted by molar-refractivity contribution is 5.95. The number of nitrogens with one attached hydrogen (secondary N) is 2. The molecule has 2 aromatic rings. The van der Waals surface area contributed by atoms with Crippen molar-refractivity contribution in [3.05, 3.63) is 59.7 Å². The fourth-order valence-corrected chi connectivity index (χ4v) is 2.10. The minimum absolute atomic E-state index is 0.382. The van der Waals surface area contributed by atoms with E-state index < -0.39 is 12.0 Å². The van der Waals surface area contributed by atoms with Gasteiger partial charge in [0.2, 0.25) is 0 Å². The maximum atomic E-state index is 12.0. The van der Waals surface area contributed by atoms with Gasteiger partial charge in [-0.2, -0.15) is 0 Å². The lowest BCUT2D eigenvalue weighted by Gasteiger charge is -2.15. The predicted octanol–water partition coefficient (Wildman–Crippen LogP) is 2.49. The molecule has 6 nitrogen and oxygen atoms in total. The van der Waals surface area contributed by atoms with Gasteiger partial charge in [-0.15, -0.1) is 0 Å². The number of ether oxygens (including phenoxy) is 2. The van der Waals surface area contributed by atoms with Crippen molar-refractivity contribution in [3.8, 4) is 11.5 Å². The molecule has 0 saturated carbocycles. The highest BCUT2D eigenvalue weighted by atomic mass is 16.5. The first-order chi connectivity index (χ1) is 12.0. The number of carbonyl (C=O) groups excluding carboxylic acids is 2. The summed E-state index contributed by atoms with van der Waals surface area (Å²) in [7, 11) is 1.57. The van der Waals surface area contributed by atoms with E-state index >= 15 is 0 Å². The lowest BCUT2D eigenvalue weighted by molar-refractivity contribution is -0.128. The third-order valence-corrected chi connectivity index (χ3v) is 3.67. The van der Waals surface area contributed by atoms with Gasteiger partial charge in [-0.25, -0.2) is 0 Å². The number of hydrogen-bond acceptors (Lipinski definition) is 4. The van der Waals surface area contributed by atoms with Gasteiger partial charge < -0.3 is 9.47 Å². The van der Waals surface area contributed by atoms with E-state index in [0.717, 1.165) is 12.0 Å². The topological polar surface area (TPSA) is 76.7 Å². The zero-order valence-corrected chi connectivity index (χ0v) is 14.5. The maximum absolute atomic E-state index is 12.0. The van der Waals surface area contributed by atoms with Crippen LogP contribution < -0.4 is 20.3 Å². The molecule has 1 atom stereocenters. The molecular formula is C19H22N2O4. The second-order valence-electron chi connectivity index (χ2n) is 5.43. The van der Waals surface area contributed by atoms with Crippen LogP contribution in [0.1, 0.15) is 29.8 Å². The normalized spacial score (nSPS) is 11.3. The van der Waals surface area contributed by atoms with Gasteiger partial charge in [0.1, 0.15) is 11.5 Å². The molecule has 0 radical (unpaired) electrons. The first-order valence-electron chi connectivity index (χ1n) is 8.03. The van der Waals surface area contributed by atoms with Crippen LogP contribution in [0.4, 0.5) is 0 Å². The molecule has 0 aliphatic rings. The highest BCUT2D eigenvalue weighted by Gasteiger charge is 2.16. The Morgan fingerprint density at radius 1 is 0.960 bits per heavy atom. The van der Waals surface area contributed by atoms with Gasteiger partial charge in [-0.1, -0.05) is 19.1 Å². The summed E-state index contributed by atoms with van der Waals surface area (Å²) in [6.07, 6.45) is 0.134. The van der Waals surface area contributed by atoms with Crippen molar-refractivity contribution in [2.45, 2.75) is 26.4 Å². The van der Waals surface area contributed by atoms with Crippen LogP contribution in [0.25, 0.3) is 0 Å². The van der Waals surface area contributed by atoms with E-state index in [9.17, 15) is 9.59 Å². The van der Waals surface area contributed by atoms with Gasteiger partial charge in [0.25, 0.3) is 11.8 Å². The van der Waals surface area contributed by atoms with E-state index in [1.807, 2.05) is 19.1 Å². The van der Waals surface area contributed by atoms with Gasteiger partial charge in [0.15, 0.2) is 6.10 Å². The van der Waals surface area contributed by atoms with E-state index in [1.165, 1.54) is 0 Å². The van der Waals surface area contributed by atoms with Crippen molar-refractivity contribution < 1.29 is 19.1 Å². The summed E-state index contributed by atoms with van der Waals surface area (Å²) in [5, 5.41) is 0. The van der Waals surface area contributed by atoms with Crippen LogP contribution >= 0.6 is 0 Å².